The summed E-state index contributed by atoms with van der Waals surface area (Å²) in [6.07, 6.45) is 1.29. The molecule has 1 saturated carbocycles. The number of nitrogens with one attached hydrogen (secondary N) is 1. The molecule has 0 amide bonds. The Balaban J connectivity index is 1.60. The van der Waals surface area contributed by atoms with Crippen molar-refractivity contribution in [1.29, 1.82) is 0 Å². The van der Waals surface area contributed by atoms with Crippen LogP contribution in [-0.4, -0.2) is 19.2 Å². The van der Waals surface area contributed by atoms with Crippen LogP contribution in [0.1, 0.15) is 20.3 Å². The molecule has 1 aromatic rings. The number of ether oxygens (including phenoxy) is 1. The van der Waals surface area contributed by atoms with E-state index in [1.807, 2.05) is 30.3 Å². The third kappa shape index (κ3) is 2.96. The second kappa shape index (κ2) is 4.23. The predicted molar refractivity (Wildman–Crippen MR) is 62.1 cm³/mol. The fourth-order valence-electron chi connectivity index (χ4n) is 1.73. The zero-order valence-electron chi connectivity index (χ0n) is 9.49. The lowest BCUT2D eigenvalue weighted by Gasteiger charge is -2.08. The Morgan fingerprint density at radius 3 is 2.60 bits per heavy atom. The van der Waals surface area contributed by atoms with Gasteiger partial charge in [-0.1, -0.05) is 32.0 Å². The minimum Gasteiger partial charge on any atom is -0.492 e. The molecule has 2 nitrogen and oxygen atoms in total. The van der Waals surface area contributed by atoms with Crippen LogP contribution in [0.3, 0.4) is 0 Å². The van der Waals surface area contributed by atoms with E-state index in [1.54, 1.807) is 0 Å². The minimum absolute atomic E-state index is 0.507. The van der Waals surface area contributed by atoms with E-state index in [0.29, 0.717) is 11.5 Å². The minimum atomic E-state index is 0.507. The summed E-state index contributed by atoms with van der Waals surface area (Å²) >= 11 is 0. The highest BCUT2D eigenvalue weighted by Gasteiger charge is 2.44. The van der Waals surface area contributed by atoms with Gasteiger partial charge in [-0.05, 0) is 24.0 Å². The van der Waals surface area contributed by atoms with E-state index in [1.165, 1.54) is 6.42 Å². The van der Waals surface area contributed by atoms with Crippen molar-refractivity contribution < 1.29 is 4.74 Å². The topological polar surface area (TPSA) is 21.3 Å². The maximum atomic E-state index is 5.59. The molecular formula is C13H19NO. The largest absolute Gasteiger partial charge is 0.492 e. The van der Waals surface area contributed by atoms with Crippen molar-refractivity contribution in [2.24, 2.45) is 5.41 Å². The zero-order valence-corrected chi connectivity index (χ0v) is 9.49. The van der Waals surface area contributed by atoms with Gasteiger partial charge in [0.2, 0.25) is 0 Å². The number of para-hydroxylation sites is 1. The standard InChI is InChI=1S/C13H19NO/c1-13(2)10-12(13)14-8-9-15-11-6-4-3-5-7-11/h3-7,12,14H,8-10H2,1-2H3. The molecule has 0 aromatic heterocycles. The van der Waals surface area contributed by atoms with Crippen LogP contribution in [0, 0.1) is 5.41 Å². The summed E-state index contributed by atoms with van der Waals surface area (Å²) in [5.41, 5.74) is 0.507. The lowest BCUT2D eigenvalue weighted by Crippen LogP contribution is -2.25. The molecule has 1 N–H and O–H groups in total. The molecular weight excluding hydrogens is 186 g/mol. The van der Waals surface area contributed by atoms with Crippen molar-refractivity contribution in [2.75, 3.05) is 13.2 Å². The highest BCUT2D eigenvalue weighted by atomic mass is 16.5. The van der Waals surface area contributed by atoms with Crippen LogP contribution in [0.2, 0.25) is 0 Å². The lowest BCUT2D eigenvalue weighted by molar-refractivity contribution is 0.310. The van der Waals surface area contributed by atoms with Gasteiger partial charge in [-0.3, -0.25) is 0 Å². The Morgan fingerprint density at radius 2 is 2.00 bits per heavy atom. The average molecular weight is 205 g/mol. The molecule has 0 bridgehead atoms. The number of rotatable bonds is 5. The molecule has 0 heterocycles. The summed E-state index contributed by atoms with van der Waals surface area (Å²) in [5.74, 6) is 0.953. The molecule has 1 aliphatic rings. The molecule has 82 valence electrons. The summed E-state index contributed by atoms with van der Waals surface area (Å²) in [4.78, 5) is 0. The Labute approximate surface area is 91.6 Å². The molecule has 15 heavy (non-hydrogen) atoms. The SMILES string of the molecule is CC1(C)CC1NCCOc1ccccc1. The zero-order chi connectivity index (χ0) is 10.7. The lowest BCUT2D eigenvalue weighted by atomic mass is 10.2. The van der Waals surface area contributed by atoms with E-state index in [9.17, 15) is 0 Å². The third-order valence-electron chi connectivity index (χ3n) is 3.02. The van der Waals surface area contributed by atoms with Gasteiger partial charge in [-0.25, -0.2) is 0 Å². The van der Waals surface area contributed by atoms with Gasteiger partial charge in [0.05, 0.1) is 0 Å². The normalized spacial score (nSPS) is 22.4. The summed E-state index contributed by atoms with van der Waals surface area (Å²) in [5, 5.41) is 3.49. The Bertz CT molecular complexity index is 308. The van der Waals surface area contributed by atoms with E-state index < -0.39 is 0 Å². The quantitative estimate of drug-likeness (QED) is 0.745. The van der Waals surface area contributed by atoms with Crippen molar-refractivity contribution in [2.45, 2.75) is 26.3 Å². The van der Waals surface area contributed by atoms with Crippen LogP contribution in [0.4, 0.5) is 0 Å². The highest BCUT2D eigenvalue weighted by Crippen LogP contribution is 2.44. The van der Waals surface area contributed by atoms with Crippen molar-refractivity contribution in [3.63, 3.8) is 0 Å². The smallest absolute Gasteiger partial charge is 0.119 e. The van der Waals surface area contributed by atoms with E-state index in [-0.39, 0.29) is 0 Å². The van der Waals surface area contributed by atoms with E-state index in [0.717, 1.165) is 18.9 Å². The molecule has 1 aliphatic carbocycles. The van der Waals surface area contributed by atoms with Crippen LogP contribution in [0.15, 0.2) is 30.3 Å². The summed E-state index contributed by atoms with van der Waals surface area (Å²) in [6.45, 7) is 6.27. The molecule has 2 rings (SSSR count). The first-order valence-electron chi connectivity index (χ1n) is 5.60. The van der Waals surface area contributed by atoms with Gasteiger partial charge >= 0.3 is 0 Å². The first kappa shape index (κ1) is 10.5. The van der Waals surface area contributed by atoms with Crippen LogP contribution >= 0.6 is 0 Å². The maximum Gasteiger partial charge on any atom is 0.119 e. The Hall–Kier alpha value is -1.02. The van der Waals surface area contributed by atoms with Gasteiger partial charge in [-0.2, -0.15) is 0 Å². The van der Waals surface area contributed by atoms with Crippen LogP contribution in [0.25, 0.3) is 0 Å². The van der Waals surface area contributed by atoms with E-state index >= 15 is 0 Å². The first-order chi connectivity index (χ1) is 7.18. The number of benzene rings is 1. The van der Waals surface area contributed by atoms with Gasteiger partial charge in [0.1, 0.15) is 12.4 Å². The molecule has 0 saturated heterocycles. The second-order valence-electron chi connectivity index (χ2n) is 4.86. The van der Waals surface area contributed by atoms with E-state index in [2.05, 4.69) is 19.2 Å². The van der Waals surface area contributed by atoms with Gasteiger partial charge in [-0.15, -0.1) is 0 Å². The summed E-state index contributed by atoms with van der Waals surface area (Å²) in [7, 11) is 0. The van der Waals surface area contributed by atoms with Crippen LogP contribution in [-0.2, 0) is 0 Å². The number of hydrogen-bond donors (Lipinski definition) is 1. The molecule has 1 unspecified atom stereocenters. The molecule has 1 aromatic carbocycles. The highest BCUT2D eigenvalue weighted by molar-refractivity contribution is 5.20. The fraction of sp³-hybridized carbons (Fsp3) is 0.538. The van der Waals surface area contributed by atoms with Crippen molar-refractivity contribution in [3.8, 4) is 5.75 Å². The van der Waals surface area contributed by atoms with Crippen LogP contribution < -0.4 is 10.1 Å². The van der Waals surface area contributed by atoms with Crippen molar-refractivity contribution in [1.82, 2.24) is 5.32 Å². The van der Waals surface area contributed by atoms with Crippen molar-refractivity contribution >= 4 is 0 Å². The van der Waals surface area contributed by atoms with Gasteiger partial charge < -0.3 is 10.1 Å². The summed E-state index contributed by atoms with van der Waals surface area (Å²) in [6, 6.07) is 10.6. The fourth-order valence-corrected chi connectivity index (χ4v) is 1.73. The Kier molecular flexibility index (Phi) is 2.96. The van der Waals surface area contributed by atoms with Gasteiger partial charge in [0.25, 0.3) is 0 Å². The third-order valence-corrected chi connectivity index (χ3v) is 3.02. The Morgan fingerprint density at radius 1 is 1.33 bits per heavy atom. The van der Waals surface area contributed by atoms with Crippen molar-refractivity contribution in [3.05, 3.63) is 30.3 Å². The molecule has 2 heteroatoms. The van der Waals surface area contributed by atoms with E-state index in [4.69, 9.17) is 4.74 Å². The average Bonchev–Trinajstić information content (AvgIpc) is 2.83. The maximum absolute atomic E-state index is 5.59. The molecule has 1 fully saturated rings. The molecule has 1 atom stereocenters. The molecule has 0 aliphatic heterocycles. The molecule has 0 radical (unpaired) electrons. The molecule has 0 spiro atoms. The second-order valence-corrected chi connectivity index (χ2v) is 4.86. The first-order valence-corrected chi connectivity index (χ1v) is 5.60. The number of hydrogen-bond acceptors (Lipinski definition) is 2. The van der Waals surface area contributed by atoms with Crippen LogP contribution in [0.5, 0.6) is 5.75 Å². The predicted octanol–water partition coefficient (Wildman–Crippen LogP) is 2.45. The summed E-state index contributed by atoms with van der Waals surface area (Å²) < 4.78 is 5.59. The van der Waals surface area contributed by atoms with Gasteiger partial charge in [0.15, 0.2) is 0 Å². The van der Waals surface area contributed by atoms with Gasteiger partial charge in [0, 0.05) is 12.6 Å². The monoisotopic (exact) mass is 205 g/mol.